The number of carboxylic acid groups (broad SMARTS) is 1. The van der Waals surface area contributed by atoms with E-state index in [4.69, 9.17) is 0 Å². The summed E-state index contributed by atoms with van der Waals surface area (Å²) in [5.41, 5.74) is 1.68. The van der Waals surface area contributed by atoms with Crippen LogP contribution >= 0.6 is 0 Å². The highest BCUT2D eigenvalue weighted by molar-refractivity contribution is 5.76. The average molecular weight is 244 g/mol. The smallest absolute Gasteiger partial charge is 0.331 e. The summed E-state index contributed by atoms with van der Waals surface area (Å²) in [6.07, 6.45) is 3.31. The molecule has 4 heteroatoms. The number of rotatable bonds is 4. The van der Waals surface area contributed by atoms with Crippen LogP contribution in [0.5, 0.6) is 0 Å². The number of benzene rings is 1. The zero-order valence-corrected chi connectivity index (χ0v) is 10.4. The van der Waals surface area contributed by atoms with Crippen LogP contribution < -0.4 is 0 Å². The summed E-state index contributed by atoms with van der Waals surface area (Å²) in [7, 11) is 0. The van der Waals surface area contributed by atoms with E-state index in [9.17, 15) is 9.90 Å². The second-order valence-corrected chi connectivity index (χ2v) is 4.53. The highest BCUT2D eigenvalue weighted by atomic mass is 16.4. The lowest BCUT2D eigenvalue weighted by Gasteiger charge is -2.18. The second kappa shape index (κ2) is 5.04. The van der Waals surface area contributed by atoms with E-state index in [1.165, 1.54) is 0 Å². The summed E-state index contributed by atoms with van der Waals surface area (Å²) in [5, 5.41) is 9.46. The molecule has 4 nitrogen and oxygen atoms in total. The van der Waals surface area contributed by atoms with Crippen molar-refractivity contribution < 1.29 is 9.90 Å². The maximum absolute atomic E-state index is 11.5. The standard InChI is InChI=1S/C14H16N2O2/c1-10(2)12-8-15-9-16(12)13(14(17)18)11-6-4-3-5-7-11/h3-10,13H,1-2H3,(H,17,18). The molecule has 0 amide bonds. The van der Waals surface area contributed by atoms with E-state index < -0.39 is 12.0 Å². The summed E-state index contributed by atoms with van der Waals surface area (Å²) in [4.78, 5) is 15.6. The molecule has 1 aromatic heterocycles. The maximum Gasteiger partial charge on any atom is 0.331 e. The molecule has 0 bridgehead atoms. The normalized spacial score (nSPS) is 12.6. The molecule has 1 unspecified atom stereocenters. The number of carbonyl (C=O) groups is 1. The van der Waals surface area contributed by atoms with Gasteiger partial charge in [0.1, 0.15) is 0 Å². The summed E-state index contributed by atoms with van der Waals surface area (Å²) in [6.45, 7) is 4.05. The molecule has 1 aromatic carbocycles. The molecular formula is C14H16N2O2. The Bertz CT molecular complexity index is 532. The van der Waals surface area contributed by atoms with Crippen molar-refractivity contribution in [1.82, 2.24) is 9.55 Å². The van der Waals surface area contributed by atoms with Gasteiger partial charge in [-0.2, -0.15) is 0 Å². The van der Waals surface area contributed by atoms with E-state index in [2.05, 4.69) is 4.98 Å². The van der Waals surface area contributed by atoms with Gasteiger partial charge in [-0.3, -0.25) is 0 Å². The zero-order valence-electron chi connectivity index (χ0n) is 10.4. The van der Waals surface area contributed by atoms with Gasteiger partial charge in [0.25, 0.3) is 0 Å². The first-order valence-electron chi connectivity index (χ1n) is 5.90. The van der Waals surface area contributed by atoms with Crippen LogP contribution in [0.4, 0.5) is 0 Å². The molecule has 0 saturated carbocycles. The minimum Gasteiger partial charge on any atom is -0.479 e. The lowest BCUT2D eigenvalue weighted by molar-refractivity contribution is -0.139. The van der Waals surface area contributed by atoms with Crippen LogP contribution in [0.15, 0.2) is 42.9 Å². The summed E-state index contributed by atoms with van der Waals surface area (Å²) >= 11 is 0. The first-order chi connectivity index (χ1) is 8.61. The van der Waals surface area contributed by atoms with Crippen molar-refractivity contribution in [3.05, 3.63) is 54.1 Å². The summed E-state index contributed by atoms with van der Waals surface area (Å²) in [5.74, 6) is -0.640. The van der Waals surface area contributed by atoms with Crippen LogP contribution in [-0.4, -0.2) is 20.6 Å². The van der Waals surface area contributed by atoms with Crippen molar-refractivity contribution in [2.24, 2.45) is 0 Å². The van der Waals surface area contributed by atoms with Crippen LogP contribution in [0, 0.1) is 0 Å². The molecule has 0 fully saturated rings. The Labute approximate surface area is 106 Å². The van der Waals surface area contributed by atoms with Gasteiger partial charge in [-0.05, 0) is 11.5 Å². The molecule has 2 rings (SSSR count). The molecule has 0 aliphatic heterocycles. The van der Waals surface area contributed by atoms with Crippen molar-refractivity contribution >= 4 is 5.97 Å². The number of aromatic nitrogens is 2. The molecule has 18 heavy (non-hydrogen) atoms. The molecule has 0 aliphatic carbocycles. The highest BCUT2D eigenvalue weighted by Crippen LogP contribution is 2.24. The second-order valence-electron chi connectivity index (χ2n) is 4.53. The Morgan fingerprint density at radius 3 is 2.50 bits per heavy atom. The minimum atomic E-state index is -0.874. The predicted octanol–water partition coefficient (Wildman–Crippen LogP) is 2.68. The molecule has 1 N–H and O–H groups in total. The average Bonchev–Trinajstić information content (AvgIpc) is 2.79. The van der Waals surface area contributed by atoms with Gasteiger partial charge >= 0.3 is 5.97 Å². The largest absolute Gasteiger partial charge is 0.479 e. The third-order valence-electron chi connectivity index (χ3n) is 2.91. The van der Waals surface area contributed by atoms with E-state index in [0.717, 1.165) is 11.3 Å². The summed E-state index contributed by atoms with van der Waals surface area (Å²) in [6, 6.07) is 8.49. The predicted molar refractivity (Wildman–Crippen MR) is 68.5 cm³/mol. The topological polar surface area (TPSA) is 55.1 Å². The fraction of sp³-hybridized carbons (Fsp3) is 0.286. The van der Waals surface area contributed by atoms with E-state index in [1.807, 2.05) is 44.2 Å². The fourth-order valence-electron chi connectivity index (χ4n) is 2.04. The Balaban J connectivity index is 2.49. The van der Waals surface area contributed by atoms with E-state index in [0.29, 0.717) is 0 Å². The van der Waals surface area contributed by atoms with Gasteiger partial charge < -0.3 is 9.67 Å². The molecule has 1 atom stereocenters. The third-order valence-corrected chi connectivity index (χ3v) is 2.91. The van der Waals surface area contributed by atoms with Crippen LogP contribution in [0.2, 0.25) is 0 Å². The van der Waals surface area contributed by atoms with Crippen LogP contribution in [-0.2, 0) is 4.79 Å². The zero-order chi connectivity index (χ0) is 13.1. The number of imidazole rings is 1. The van der Waals surface area contributed by atoms with Crippen molar-refractivity contribution in [2.75, 3.05) is 0 Å². The van der Waals surface area contributed by atoms with E-state index in [-0.39, 0.29) is 5.92 Å². The third kappa shape index (κ3) is 2.27. The molecule has 0 spiro atoms. The highest BCUT2D eigenvalue weighted by Gasteiger charge is 2.24. The number of aliphatic carboxylic acids is 1. The van der Waals surface area contributed by atoms with Crippen molar-refractivity contribution in [3.8, 4) is 0 Å². The molecular weight excluding hydrogens is 228 g/mol. The van der Waals surface area contributed by atoms with Crippen molar-refractivity contribution in [2.45, 2.75) is 25.8 Å². The lowest BCUT2D eigenvalue weighted by Crippen LogP contribution is -2.21. The first kappa shape index (κ1) is 12.4. The first-order valence-corrected chi connectivity index (χ1v) is 5.90. The molecule has 0 radical (unpaired) electrons. The van der Waals surface area contributed by atoms with Crippen molar-refractivity contribution in [1.29, 1.82) is 0 Å². The Morgan fingerprint density at radius 1 is 1.28 bits per heavy atom. The molecule has 1 heterocycles. The van der Waals surface area contributed by atoms with E-state index in [1.54, 1.807) is 17.1 Å². The minimum absolute atomic E-state index is 0.234. The van der Waals surface area contributed by atoms with Gasteiger partial charge in [0.2, 0.25) is 0 Å². The van der Waals surface area contributed by atoms with Gasteiger partial charge in [-0.25, -0.2) is 9.78 Å². The van der Waals surface area contributed by atoms with Crippen molar-refractivity contribution in [3.63, 3.8) is 0 Å². The van der Waals surface area contributed by atoms with E-state index >= 15 is 0 Å². The lowest BCUT2D eigenvalue weighted by atomic mass is 10.1. The molecule has 94 valence electrons. The monoisotopic (exact) mass is 244 g/mol. The van der Waals surface area contributed by atoms with Crippen LogP contribution in [0.25, 0.3) is 0 Å². The Hall–Kier alpha value is -2.10. The van der Waals surface area contributed by atoms with Crippen LogP contribution in [0.1, 0.15) is 37.1 Å². The quantitative estimate of drug-likeness (QED) is 0.899. The number of nitrogens with zero attached hydrogens (tertiary/aromatic N) is 2. The maximum atomic E-state index is 11.5. The van der Waals surface area contributed by atoms with Gasteiger partial charge in [0, 0.05) is 11.9 Å². The number of carboxylic acids is 1. The van der Waals surface area contributed by atoms with Gasteiger partial charge in [0.15, 0.2) is 6.04 Å². The van der Waals surface area contributed by atoms with Crippen LogP contribution in [0.3, 0.4) is 0 Å². The van der Waals surface area contributed by atoms with Gasteiger partial charge in [-0.1, -0.05) is 44.2 Å². The SMILES string of the molecule is CC(C)c1cncn1C(C(=O)O)c1ccccc1. The van der Waals surface area contributed by atoms with Gasteiger partial charge in [-0.15, -0.1) is 0 Å². The molecule has 0 aliphatic rings. The molecule has 2 aromatic rings. The Morgan fingerprint density at radius 2 is 1.94 bits per heavy atom. The number of hydrogen-bond donors (Lipinski definition) is 1. The van der Waals surface area contributed by atoms with Gasteiger partial charge in [0.05, 0.1) is 6.33 Å². The molecule has 0 saturated heterocycles. The summed E-state index contributed by atoms with van der Waals surface area (Å²) < 4.78 is 1.72. The number of hydrogen-bond acceptors (Lipinski definition) is 2. The fourth-order valence-corrected chi connectivity index (χ4v) is 2.04. The Kier molecular flexibility index (Phi) is 3.46.